The van der Waals surface area contributed by atoms with Crippen molar-refractivity contribution in [2.45, 2.75) is 32.8 Å². The van der Waals surface area contributed by atoms with Crippen molar-refractivity contribution in [2.24, 2.45) is 5.92 Å². The molecule has 0 bridgehead atoms. The Bertz CT molecular complexity index is 1070. The van der Waals surface area contributed by atoms with Gasteiger partial charge in [0.15, 0.2) is 23.3 Å². The van der Waals surface area contributed by atoms with Gasteiger partial charge in [0, 0.05) is 12.5 Å². The maximum absolute atomic E-state index is 12.8. The van der Waals surface area contributed by atoms with Gasteiger partial charge in [0.2, 0.25) is 0 Å². The molecule has 11 heteroatoms. The van der Waals surface area contributed by atoms with Gasteiger partial charge >= 0.3 is 11.9 Å². The molecule has 1 saturated heterocycles. The van der Waals surface area contributed by atoms with E-state index in [9.17, 15) is 14.4 Å². The average Bonchev–Trinajstić information content (AvgIpc) is 3.22. The van der Waals surface area contributed by atoms with Gasteiger partial charge in [-0.3, -0.25) is 4.79 Å². The van der Waals surface area contributed by atoms with E-state index in [0.717, 1.165) is 31.5 Å². The van der Waals surface area contributed by atoms with Crippen molar-refractivity contribution in [3.63, 3.8) is 0 Å². The van der Waals surface area contributed by atoms with E-state index in [1.807, 2.05) is 25.1 Å². The van der Waals surface area contributed by atoms with E-state index in [1.165, 1.54) is 18.4 Å². The first-order valence-electron chi connectivity index (χ1n) is 11.8. The van der Waals surface area contributed by atoms with Crippen LogP contribution in [0.25, 0.3) is 10.4 Å². The normalized spacial score (nSPS) is 14.6. The fraction of sp³-hybridized carbons (Fsp3) is 0.480. The monoisotopic (exact) mass is 582 g/mol. The number of nitrogens with one attached hydrogen (secondary N) is 2. The molecule has 1 unspecified atom stereocenters. The first-order valence-corrected chi connectivity index (χ1v) is 13.4. The van der Waals surface area contributed by atoms with Crippen LogP contribution in [0.15, 0.2) is 28.7 Å². The molecule has 0 radical (unpaired) electrons. The summed E-state index contributed by atoms with van der Waals surface area (Å²) in [5.41, 5.74) is 0.750. The lowest BCUT2D eigenvalue weighted by molar-refractivity contribution is -0.145. The van der Waals surface area contributed by atoms with Crippen molar-refractivity contribution in [3.05, 3.63) is 33.6 Å². The van der Waals surface area contributed by atoms with Crippen molar-refractivity contribution in [1.29, 1.82) is 0 Å². The predicted octanol–water partition coefficient (Wildman–Crippen LogP) is 3.79. The predicted molar refractivity (Wildman–Crippen MR) is 140 cm³/mol. The Morgan fingerprint density at radius 1 is 1.22 bits per heavy atom. The van der Waals surface area contributed by atoms with Crippen molar-refractivity contribution in [3.8, 4) is 21.9 Å². The highest BCUT2D eigenvalue weighted by Crippen LogP contribution is 2.46. The molecule has 196 valence electrons. The Morgan fingerprint density at radius 3 is 2.64 bits per heavy atom. The van der Waals surface area contributed by atoms with Crippen LogP contribution in [-0.4, -0.2) is 63.9 Å². The Balaban J connectivity index is 1.90. The summed E-state index contributed by atoms with van der Waals surface area (Å²) in [6.07, 6.45) is 1.09. The lowest BCUT2D eigenvalue weighted by Crippen LogP contribution is -2.46. The Hall–Kier alpha value is -2.63. The minimum absolute atomic E-state index is 0.101. The largest absolute Gasteiger partial charge is 0.480 e. The highest BCUT2D eigenvalue weighted by atomic mass is 79.9. The first-order chi connectivity index (χ1) is 17.4. The van der Waals surface area contributed by atoms with Crippen LogP contribution < -0.4 is 20.1 Å². The summed E-state index contributed by atoms with van der Waals surface area (Å²) >= 11 is 4.69. The Morgan fingerprint density at radius 2 is 1.97 bits per heavy atom. The molecule has 0 aliphatic carbocycles. The molecule has 1 aliphatic rings. The third-order valence-electron chi connectivity index (χ3n) is 5.60. The van der Waals surface area contributed by atoms with Crippen LogP contribution in [0, 0.1) is 5.92 Å². The number of amides is 1. The number of likely N-dealkylation sites (N-methyl/N-ethyl adjacent to an activating group) is 1. The topological polar surface area (TPSA) is 112 Å². The van der Waals surface area contributed by atoms with Crippen molar-refractivity contribution >= 4 is 45.1 Å². The van der Waals surface area contributed by atoms with Crippen molar-refractivity contribution in [2.75, 3.05) is 40.0 Å². The number of rotatable bonds is 11. The molecule has 2 aromatic rings. The van der Waals surface area contributed by atoms with Gasteiger partial charge < -0.3 is 29.6 Å². The van der Waals surface area contributed by atoms with Gasteiger partial charge in [-0.1, -0.05) is 12.1 Å². The van der Waals surface area contributed by atoms with Gasteiger partial charge in [-0.15, -0.1) is 11.3 Å². The Kier molecular flexibility index (Phi) is 10.6. The highest BCUT2D eigenvalue weighted by molar-refractivity contribution is 9.10. The van der Waals surface area contributed by atoms with Gasteiger partial charge in [0.25, 0.3) is 5.91 Å². The number of halogens is 1. The minimum Gasteiger partial charge on any atom is -0.480 e. The molecule has 1 aromatic carbocycles. The van der Waals surface area contributed by atoms with Crippen molar-refractivity contribution in [1.82, 2.24) is 10.6 Å². The van der Waals surface area contributed by atoms with Crippen LogP contribution >= 0.6 is 27.3 Å². The molecule has 3 rings (SSSR count). The fourth-order valence-electron chi connectivity index (χ4n) is 3.91. The van der Waals surface area contributed by atoms with Gasteiger partial charge in [0.1, 0.15) is 5.75 Å². The molecule has 1 amide bonds. The van der Waals surface area contributed by atoms with E-state index in [-0.39, 0.29) is 35.7 Å². The third kappa shape index (κ3) is 6.98. The van der Waals surface area contributed by atoms with Gasteiger partial charge in [0.05, 0.1) is 23.1 Å². The van der Waals surface area contributed by atoms with E-state index >= 15 is 0 Å². The van der Waals surface area contributed by atoms with E-state index in [4.69, 9.17) is 18.9 Å². The fourth-order valence-corrected chi connectivity index (χ4v) is 5.88. The molecule has 2 heterocycles. The van der Waals surface area contributed by atoms with Crippen molar-refractivity contribution < 1.29 is 33.3 Å². The minimum atomic E-state index is -0.608. The lowest BCUT2D eigenvalue weighted by atomic mass is 9.91. The molecule has 1 fully saturated rings. The number of methoxy groups -OCH3 is 1. The molecular weight excluding hydrogens is 552 g/mol. The second-order valence-corrected chi connectivity index (χ2v) is 9.85. The van der Waals surface area contributed by atoms with Crippen LogP contribution in [0.3, 0.4) is 0 Å². The maximum atomic E-state index is 12.8. The van der Waals surface area contributed by atoms with E-state index in [1.54, 1.807) is 13.0 Å². The number of thiophene rings is 1. The number of esters is 2. The molecule has 9 nitrogen and oxygen atoms in total. The molecule has 1 aliphatic heterocycles. The average molecular weight is 584 g/mol. The number of carbonyl (C=O) groups is 3. The summed E-state index contributed by atoms with van der Waals surface area (Å²) in [5.74, 6) is -0.413. The van der Waals surface area contributed by atoms with Crippen LogP contribution in [0.5, 0.6) is 11.5 Å². The summed E-state index contributed by atoms with van der Waals surface area (Å²) < 4.78 is 22.2. The molecule has 0 spiro atoms. The number of piperidine rings is 1. The van der Waals surface area contributed by atoms with Crippen LogP contribution in [0.1, 0.15) is 36.4 Å². The van der Waals surface area contributed by atoms with Crippen LogP contribution in [0.4, 0.5) is 0 Å². The Labute approximate surface area is 223 Å². The van der Waals surface area contributed by atoms with E-state index in [2.05, 4.69) is 26.6 Å². The number of benzene rings is 1. The second kappa shape index (κ2) is 13.6. The number of carbonyl (C=O) groups excluding carboxylic acids is 3. The molecule has 1 atom stereocenters. The molecular formula is C25H31BrN2O7S. The number of ether oxygens (including phenoxy) is 4. The number of hydrogen-bond donors (Lipinski definition) is 2. The van der Waals surface area contributed by atoms with Crippen LogP contribution in [-0.2, 0) is 19.1 Å². The first kappa shape index (κ1) is 27.9. The quantitative estimate of drug-likeness (QED) is 0.385. The third-order valence-corrected chi connectivity index (χ3v) is 7.82. The van der Waals surface area contributed by atoms with Gasteiger partial charge in [-0.05, 0) is 73.4 Å². The summed E-state index contributed by atoms with van der Waals surface area (Å²) in [4.78, 5) is 38.0. The summed E-state index contributed by atoms with van der Waals surface area (Å²) in [5, 5.41) is 6.20. The summed E-state index contributed by atoms with van der Waals surface area (Å²) in [6.45, 7) is 5.67. The zero-order chi connectivity index (χ0) is 26.1. The molecule has 2 N–H and O–H groups in total. The number of hydrogen-bond acceptors (Lipinski definition) is 9. The van der Waals surface area contributed by atoms with Gasteiger partial charge in [-0.2, -0.15) is 0 Å². The lowest BCUT2D eigenvalue weighted by Gasteiger charge is -2.30. The van der Waals surface area contributed by atoms with E-state index in [0.29, 0.717) is 21.6 Å². The van der Waals surface area contributed by atoms with E-state index < -0.39 is 18.0 Å². The molecule has 1 aromatic heterocycles. The zero-order valence-corrected chi connectivity index (χ0v) is 23.0. The zero-order valence-electron chi connectivity index (χ0n) is 20.6. The molecule has 0 saturated carbocycles. The molecule has 36 heavy (non-hydrogen) atoms. The standard InChI is InChI=1S/C25H31BrN2O7S/c1-4-28-24(30)20(15-9-11-27-12-10-15)35-17-8-6-7-16(13-17)22-19(26)21(23(36-22)25(31)32-3)34-14-18(29)33-5-2/h6-8,13,15,20,27H,4-5,9-12,14H2,1-3H3,(H,28,30). The maximum Gasteiger partial charge on any atom is 0.351 e. The summed E-state index contributed by atoms with van der Waals surface area (Å²) in [6, 6.07) is 7.31. The smallest absolute Gasteiger partial charge is 0.351 e. The second-order valence-electron chi connectivity index (χ2n) is 8.04. The summed E-state index contributed by atoms with van der Waals surface area (Å²) in [7, 11) is 1.28. The highest BCUT2D eigenvalue weighted by Gasteiger charge is 2.31. The SMILES string of the molecule is CCNC(=O)C(Oc1cccc(-c2sc(C(=O)OC)c(OCC(=O)OCC)c2Br)c1)C1CCNCC1. The van der Waals surface area contributed by atoms with Gasteiger partial charge in [-0.25, -0.2) is 9.59 Å². The van der Waals surface area contributed by atoms with Crippen LogP contribution in [0.2, 0.25) is 0 Å².